The molecule has 8 amide bonds. The van der Waals surface area contributed by atoms with Crippen LogP contribution in [0.1, 0.15) is 76.3 Å². The average Bonchev–Trinajstić information content (AvgIpc) is 3.97. The molecular formula is C46H64N12O8S2. The Kier molecular flexibility index (Phi) is 20.4. The minimum absolute atomic E-state index is 0.00505. The van der Waals surface area contributed by atoms with E-state index >= 15 is 0 Å². The van der Waals surface area contributed by atoms with E-state index in [1.165, 1.54) is 33.4 Å². The highest BCUT2D eigenvalue weighted by Crippen LogP contribution is 2.26. The second-order valence-electron chi connectivity index (χ2n) is 16.9. The zero-order chi connectivity index (χ0) is 49.2. The number of nitrogens with two attached hydrogens (primary N) is 2. The largest absolute Gasteiger partial charge is 0.370 e. The summed E-state index contributed by atoms with van der Waals surface area (Å²) in [4.78, 5) is 115. The summed E-state index contributed by atoms with van der Waals surface area (Å²) in [7, 11) is 2.49. The molecule has 3 aromatic rings. The van der Waals surface area contributed by atoms with Crippen molar-refractivity contribution in [3.05, 3.63) is 71.9 Å². The summed E-state index contributed by atoms with van der Waals surface area (Å²) in [5.74, 6) is -5.09. The Morgan fingerprint density at radius 2 is 1.51 bits per heavy atom. The van der Waals surface area contributed by atoms with Gasteiger partial charge < -0.3 is 58.6 Å². The quantitative estimate of drug-likeness (QED) is 0.0432. The Bertz CT molecular complexity index is 2260. The van der Waals surface area contributed by atoms with Gasteiger partial charge in [0.1, 0.15) is 42.3 Å². The van der Waals surface area contributed by atoms with E-state index in [1.807, 2.05) is 31.2 Å². The summed E-state index contributed by atoms with van der Waals surface area (Å²) in [5.41, 5.74) is 13.5. The van der Waals surface area contributed by atoms with Crippen LogP contribution in [0.4, 0.5) is 0 Å². The Morgan fingerprint density at radius 3 is 2.24 bits per heavy atom. The number of aromatic amines is 1. The van der Waals surface area contributed by atoms with Gasteiger partial charge in [-0.2, -0.15) is 0 Å². The number of primary amides is 1. The number of unbranched alkanes of at least 4 members (excludes halogenated alkanes) is 1. The van der Waals surface area contributed by atoms with Crippen molar-refractivity contribution in [1.82, 2.24) is 47.1 Å². The Morgan fingerprint density at radius 1 is 0.838 bits per heavy atom. The zero-order valence-corrected chi connectivity index (χ0v) is 40.0. The first-order valence-corrected chi connectivity index (χ1v) is 25.4. The molecule has 0 aliphatic carbocycles. The maximum absolute atomic E-state index is 14.5. The predicted molar refractivity (Wildman–Crippen MR) is 262 cm³/mol. The van der Waals surface area contributed by atoms with Crippen molar-refractivity contribution < 1.29 is 38.4 Å². The van der Waals surface area contributed by atoms with Gasteiger partial charge in [-0.05, 0) is 55.7 Å². The molecule has 5 rings (SSSR count). The van der Waals surface area contributed by atoms with Crippen LogP contribution < -0.4 is 48.7 Å². The van der Waals surface area contributed by atoms with Crippen LogP contribution in [-0.4, -0.2) is 130 Å². The monoisotopic (exact) mass is 976 g/mol. The molecular weight excluding hydrogens is 913 g/mol. The van der Waals surface area contributed by atoms with Gasteiger partial charge in [-0.1, -0.05) is 89.9 Å². The maximum atomic E-state index is 14.5. The van der Waals surface area contributed by atoms with Crippen LogP contribution in [-0.2, 0) is 51.2 Å². The number of rotatable bonds is 15. The maximum Gasteiger partial charge on any atom is 0.245 e. The zero-order valence-electron chi connectivity index (χ0n) is 38.4. The Balaban J connectivity index is 1.52. The van der Waals surface area contributed by atoms with Crippen molar-refractivity contribution >= 4 is 85.7 Å². The minimum atomic E-state index is -1.27. The topological polar surface area (TPSA) is 316 Å². The second-order valence-corrected chi connectivity index (χ2v) is 19.6. The molecule has 2 fully saturated rings. The number of guanidine groups is 1. The van der Waals surface area contributed by atoms with E-state index < -0.39 is 89.6 Å². The summed E-state index contributed by atoms with van der Waals surface area (Å²) in [6.07, 6.45) is 4.55. The molecule has 0 radical (unpaired) electrons. The van der Waals surface area contributed by atoms with E-state index in [4.69, 9.17) is 16.9 Å². The fourth-order valence-corrected chi connectivity index (χ4v) is 10.4. The summed E-state index contributed by atoms with van der Waals surface area (Å²) >= 11 is 0. The van der Waals surface area contributed by atoms with E-state index in [-0.39, 0.29) is 69.1 Å². The number of fused-ring (bicyclic) bond motifs is 2. The van der Waals surface area contributed by atoms with Gasteiger partial charge in [0.25, 0.3) is 0 Å². The minimum Gasteiger partial charge on any atom is -0.370 e. The Hall–Kier alpha value is -6.29. The molecule has 0 bridgehead atoms. The van der Waals surface area contributed by atoms with Gasteiger partial charge in [0.05, 0.1) is 0 Å². The van der Waals surface area contributed by atoms with Crippen LogP contribution in [0.15, 0.2) is 60.8 Å². The number of para-hydroxylation sites is 1. The number of aromatic nitrogens is 1. The molecule has 2 aromatic carbocycles. The molecule has 368 valence electrons. The van der Waals surface area contributed by atoms with Crippen LogP contribution in [0, 0.1) is 5.41 Å². The van der Waals surface area contributed by atoms with Crippen molar-refractivity contribution in [1.29, 1.82) is 5.41 Å². The number of carbonyl (C=O) groups excluding carboxylic acids is 8. The third-order valence-corrected chi connectivity index (χ3v) is 14.2. The number of nitrogens with zero attached hydrogens (tertiary/aromatic N) is 1. The van der Waals surface area contributed by atoms with Crippen LogP contribution in [0.5, 0.6) is 0 Å². The van der Waals surface area contributed by atoms with Gasteiger partial charge >= 0.3 is 0 Å². The van der Waals surface area contributed by atoms with Crippen LogP contribution >= 0.6 is 21.6 Å². The van der Waals surface area contributed by atoms with Crippen molar-refractivity contribution in [2.75, 3.05) is 24.6 Å². The van der Waals surface area contributed by atoms with Crippen LogP contribution in [0.3, 0.4) is 0 Å². The number of amides is 8. The smallest absolute Gasteiger partial charge is 0.245 e. The standard InChI is InChI=1S/C46H64N12O8S2/c1-3-4-15-32(52-27(2)59)40(61)54-34-19-22-67-68-26-37(39(47)60)57-43(64)36(24-29-25-51-31-16-9-8-14-30(29)31)55-41(62)33(17-10-20-50-46(48)49)53-42(63)35(23-28-12-6-5-7-13-28)56-44(65)38-18-11-21-58(38)45(34)66/h5-9,12-14,16,25,32-38,51H,3-4,10-11,15,17-24,26H2,1-2H3,(H2,47,60)(H,52,59)(H,53,63)(H,54,61)(H,55,62)(H,56,65)(H,57,64)(H4,48,49,50)/t32-,33-,34-,35+,36-,37-,38-/m0/s1. The van der Waals surface area contributed by atoms with E-state index in [0.717, 1.165) is 17.3 Å². The average molecular weight is 977 g/mol. The van der Waals surface area contributed by atoms with Gasteiger partial charge in [-0.25, -0.2) is 0 Å². The van der Waals surface area contributed by atoms with Gasteiger partial charge in [0.2, 0.25) is 47.3 Å². The van der Waals surface area contributed by atoms with Gasteiger partial charge in [0.15, 0.2) is 5.96 Å². The SMILES string of the molecule is CCCC[C@H](NC(C)=O)C(=O)N[C@H]1CCSSC[C@@H](C(N)=O)NC(=O)[C@H](Cc2c[nH]c3ccccc23)NC(=O)[C@H](CCCNC(=N)N)NC(=O)[C@@H](Cc2ccccc2)NC(=O)[C@@H]2CCCN2C1=O. The van der Waals surface area contributed by atoms with Gasteiger partial charge in [0, 0.05) is 61.5 Å². The molecule has 0 saturated carbocycles. The highest BCUT2D eigenvalue weighted by Gasteiger charge is 2.40. The van der Waals surface area contributed by atoms with Gasteiger partial charge in [-0.3, -0.25) is 43.8 Å². The number of hydrogen-bond acceptors (Lipinski definition) is 11. The number of hydrogen-bond donors (Lipinski definition) is 11. The summed E-state index contributed by atoms with van der Waals surface area (Å²) in [5, 5.41) is 27.8. The number of nitrogens with one attached hydrogen (secondary N) is 9. The van der Waals surface area contributed by atoms with Crippen LogP contribution in [0.2, 0.25) is 0 Å². The van der Waals surface area contributed by atoms with E-state index in [2.05, 4.69) is 42.2 Å². The molecule has 2 aliphatic heterocycles. The predicted octanol–water partition coefficient (Wildman–Crippen LogP) is 0.597. The van der Waals surface area contributed by atoms with E-state index in [9.17, 15) is 38.4 Å². The van der Waals surface area contributed by atoms with Gasteiger partial charge in [-0.15, -0.1) is 0 Å². The molecule has 3 heterocycles. The molecule has 68 heavy (non-hydrogen) atoms. The fraction of sp³-hybridized carbons (Fsp3) is 0.500. The molecule has 7 atom stereocenters. The molecule has 20 nitrogen and oxygen atoms in total. The highest BCUT2D eigenvalue weighted by atomic mass is 33.1. The van der Waals surface area contributed by atoms with Crippen molar-refractivity contribution in [3.8, 4) is 0 Å². The lowest BCUT2D eigenvalue weighted by molar-refractivity contribution is -0.142. The lowest BCUT2D eigenvalue weighted by Crippen LogP contribution is -2.60. The van der Waals surface area contributed by atoms with Crippen molar-refractivity contribution in [2.24, 2.45) is 11.5 Å². The molecule has 2 aliphatic rings. The lowest BCUT2D eigenvalue weighted by Gasteiger charge is -2.31. The van der Waals surface area contributed by atoms with E-state index in [1.54, 1.807) is 36.5 Å². The molecule has 1 aromatic heterocycles. The number of H-pyrrole nitrogens is 1. The lowest BCUT2D eigenvalue weighted by atomic mass is 10.0. The third kappa shape index (κ3) is 15.6. The van der Waals surface area contributed by atoms with E-state index in [0.29, 0.717) is 30.4 Å². The van der Waals surface area contributed by atoms with Crippen molar-refractivity contribution in [2.45, 2.75) is 120 Å². The third-order valence-electron chi connectivity index (χ3n) is 11.7. The first-order valence-electron chi connectivity index (χ1n) is 22.9. The fourth-order valence-electron chi connectivity index (χ4n) is 8.16. The highest BCUT2D eigenvalue weighted by molar-refractivity contribution is 8.76. The molecule has 13 N–H and O–H groups in total. The molecule has 22 heteroatoms. The summed E-state index contributed by atoms with van der Waals surface area (Å²) in [6, 6.07) is 8.34. The van der Waals surface area contributed by atoms with Crippen LogP contribution in [0.25, 0.3) is 10.9 Å². The van der Waals surface area contributed by atoms with Crippen molar-refractivity contribution in [3.63, 3.8) is 0 Å². The normalized spacial score (nSPS) is 22.9. The summed E-state index contributed by atoms with van der Waals surface area (Å²) < 4.78 is 0. The molecule has 2 saturated heterocycles. The number of benzene rings is 2. The molecule has 0 unspecified atom stereocenters. The first-order chi connectivity index (χ1) is 32.6. The summed E-state index contributed by atoms with van der Waals surface area (Å²) in [6.45, 7) is 3.63. The number of carbonyl (C=O) groups is 8. The Labute approximate surface area is 403 Å². The molecule has 0 spiro atoms. The first kappa shape index (κ1) is 52.7. The second kappa shape index (κ2) is 26.3.